The van der Waals surface area contributed by atoms with Gasteiger partial charge in [0, 0.05) is 11.6 Å². The average molecular weight is 370 g/mol. The van der Waals surface area contributed by atoms with Crippen molar-refractivity contribution in [3.8, 4) is 0 Å². The minimum absolute atomic E-state index is 0.129. The highest BCUT2D eigenvalue weighted by Gasteiger charge is 2.17. The van der Waals surface area contributed by atoms with Gasteiger partial charge < -0.3 is 11.1 Å². The van der Waals surface area contributed by atoms with Crippen LogP contribution in [0.4, 0.5) is 5.82 Å². The molecule has 3 N–H and O–H groups in total. The van der Waals surface area contributed by atoms with Gasteiger partial charge in [-0.2, -0.15) is 0 Å². The van der Waals surface area contributed by atoms with Crippen LogP contribution in [0.3, 0.4) is 0 Å². The van der Waals surface area contributed by atoms with Crippen molar-refractivity contribution in [1.29, 1.82) is 0 Å². The van der Waals surface area contributed by atoms with Gasteiger partial charge in [-0.15, -0.1) is 5.10 Å². The van der Waals surface area contributed by atoms with Gasteiger partial charge in [0.15, 0.2) is 11.5 Å². The molecule has 7 heteroatoms. The first-order valence-corrected chi connectivity index (χ1v) is 8.59. The zero-order valence-electron chi connectivity index (χ0n) is 14.7. The van der Waals surface area contributed by atoms with Crippen molar-refractivity contribution < 1.29 is 4.79 Å². The second kappa shape index (κ2) is 7.58. The Labute approximate surface area is 157 Å². The quantitative estimate of drug-likeness (QED) is 0.723. The molecule has 2 aromatic carbocycles. The van der Waals surface area contributed by atoms with Crippen molar-refractivity contribution in [1.82, 2.24) is 20.3 Å². The summed E-state index contributed by atoms with van der Waals surface area (Å²) in [5, 5.41) is 11.4. The summed E-state index contributed by atoms with van der Waals surface area (Å²) < 4.78 is 1.54. The van der Waals surface area contributed by atoms with Gasteiger partial charge in [0.1, 0.15) is 0 Å². The molecule has 3 rings (SSSR count). The standard InChI is InChI=1S/C19H20ClN5O/c1-12-3-4-13(2)15(9-12)11-25-18(21)17(23-24-25)19(26)22-10-14-5-7-16(20)8-6-14/h3-9H,10-11,21H2,1-2H3,(H,22,26). The number of aromatic nitrogens is 3. The summed E-state index contributed by atoms with van der Waals surface area (Å²) in [6.45, 7) is 4.89. The van der Waals surface area contributed by atoms with E-state index in [1.807, 2.05) is 26.0 Å². The number of benzene rings is 2. The van der Waals surface area contributed by atoms with Crippen LogP contribution in [0, 0.1) is 13.8 Å². The minimum atomic E-state index is -0.357. The molecule has 0 spiro atoms. The van der Waals surface area contributed by atoms with Gasteiger partial charge in [-0.1, -0.05) is 52.7 Å². The van der Waals surface area contributed by atoms with Crippen molar-refractivity contribution in [2.75, 3.05) is 5.73 Å². The topological polar surface area (TPSA) is 85.8 Å². The number of nitrogens with one attached hydrogen (secondary N) is 1. The maximum Gasteiger partial charge on any atom is 0.275 e. The predicted molar refractivity (Wildman–Crippen MR) is 102 cm³/mol. The molecule has 0 saturated heterocycles. The first-order valence-electron chi connectivity index (χ1n) is 8.22. The van der Waals surface area contributed by atoms with Gasteiger partial charge in [0.25, 0.3) is 5.91 Å². The van der Waals surface area contributed by atoms with E-state index in [9.17, 15) is 4.79 Å². The van der Waals surface area contributed by atoms with Gasteiger partial charge in [0.05, 0.1) is 6.54 Å². The van der Waals surface area contributed by atoms with E-state index in [4.69, 9.17) is 17.3 Å². The van der Waals surface area contributed by atoms with Gasteiger partial charge in [-0.05, 0) is 42.7 Å². The molecule has 0 aliphatic heterocycles. The SMILES string of the molecule is Cc1ccc(C)c(Cn2nnc(C(=O)NCc3ccc(Cl)cc3)c2N)c1. The zero-order chi connectivity index (χ0) is 18.7. The summed E-state index contributed by atoms with van der Waals surface area (Å²) in [5.74, 6) is -0.107. The van der Waals surface area contributed by atoms with Crippen LogP contribution >= 0.6 is 11.6 Å². The molecule has 0 aliphatic rings. The van der Waals surface area contributed by atoms with Crippen molar-refractivity contribution in [3.63, 3.8) is 0 Å². The number of nitrogens with zero attached hydrogens (tertiary/aromatic N) is 3. The zero-order valence-corrected chi connectivity index (χ0v) is 15.4. The Kier molecular flexibility index (Phi) is 5.23. The number of hydrogen-bond donors (Lipinski definition) is 2. The van der Waals surface area contributed by atoms with Gasteiger partial charge in [-0.25, -0.2) is 4.68 Å². The molecular weight excluding hydrogens is 350 g/mol. The Hall–Kier alpha value is -2.86. The summed E-state index contributed by atoms with van der Waals surface area (Å²) >= 11 is 5.86. The molecular formula is C19H20ClN5O. The van der Waals surface area contributed by atoms with Crippen LogP contribution in [0.15, 0.2) is 42.5 Å². The number of nitrogens with two attached hydrogens (primary N) is 1. The van der Waals surface area contributed by atoms with Crippen molar-refractivity contribution in [3.05, 3.63) is 75.4 Å². The van der Waals surface area contributed by atoms with E-state index in [0.717, 1.165) is 22.3 Å². The third-order valence-electron chi connectivity index (χ3n) is 4.18. The Morgan fingerprint density at radius 2 is 1.92 bits per heavy atom. The fourth-order valence-electron chi connectivity index (χ4n) is 2.60. The first-order chi connectivity index (χ1) is 12.4. The summed E-state index contributed by atoms with van der Waals surface area (Å²) in [4.78, 5) is 12.4. The minimum Gasteiger partial charge on any atom is -0.382 e. The van der Waals surface area contributed by atoms with E-state index in [-0.39, 0.29) is 17.4 Å². The number of nitrogen functional groups attached to an aromatic ring is 1. The molecule has 0 bridgehead atoms. The number of amides is 1. The highest BCUT2D eigenvalue weighted by atomic mass is 35.5. The third kappa shape index (κ3) is 4.03. The lowest BCUT2D eigenvalue weighted by Crippen LogP contribution is -2.24. The maximum atomic E-state index is 12.4. The molecule has 1 amide bonds. The summed E-state index contributed by atoms with van der Waals surface area (Å²) in [7, 11) is 0. The highest BCUT2D eigenvalue weighted by Crippen LogP contribution is 2.16. The fourth-order valence-corrected chi connectivity index (χ4v) is 2.73. The predicted octanol–water partition coefficient (Wildman–Crippen LogP) is 3.11. The van der Waals surface area contributed by atoms with Gasteiger partial charge >= 0.3 is 0 Å². The molecule has 6 nitrogen and oxygen atoms in total. The molecule has 134 valence electrons. The molecule has 0 aliphatic carbocycles. The Bertz CT molecular complexity index is 934. The Morgan fingerprint density at radius 1 is 1.19 bits per heavy atom. The monoisotopic (exact) mass is 369 g/mol. The number of aryl methyl sites for hydroxylation is 2. The lowest BCUT2D eigenvalue weighted by Gasteiger charge is -2.08. The largest absolute Gasteiger partial charge is 0.382 e. The second-order valence-electron chi connectivity index (χ2n) is 6.22. The number of hydrogen-bond acceptors (Lipinski definition) is 4. The van der Waals surface area contributed by atoms with E-state index in [1.165, 1.54) is 0 Å². The Balaban J connectivity index is 1.70. The highest BCUT2D eigenvalue weighted by molar-refractivity contribution is 6.30. The first kappa shape index (κ1) is 17.9. The molecule has 0 unspecified atom stereocenters. The van der Waals surface area contributed by atoms with Crippen LogP contribution in [0.25, 0.3) is 0 Å². The van der Waals surface area contributed by atoms with Crippen LogP contribution < -0.4 is 11.1 Å². The molecule has 1 aromatic heterocycles. The molecule has 0 radical (unpaired) electrons. The summed E-state index contributed by atoms with van der Waals surface area (Å²) in [6, 6.07) is 13.4. The van der Waals surface area contributed by atoms with Crippen LogP contribution in [0.5, 0.6) is 0 Å². The molecule has 26 heavy (non-hydrogen) atoms. The number of halogens is 1. The molecule has 0 atom stereocenters. The lowest BCUT2D eigenvalue weighted by atomic mass is 10.1. The number of carbonyl (C=O) groups excluding carboxylic acids is 1. The number of carbonyl (C=O) groups is 1. The number of rotatable bonds is 5. The maximum absolute atomic E-state index is 12.4. The normalized spacial score (nSPS) is 10.7. The van der Waals surface area contributed by atoms with E-state index >= 15 is 0 Å². The van der Waals surface area contributed by atoms with E-state index in [1.54, 1.807) is 16.8 Å². The van der Waals surface area contributed by atoms with Gasteiger partial charge in [-0.3, -0.25) is 4.79 Å². The van der Waals surface area contributed by atoms with Crippen molar-refractivity contribution >= 4 is 23.3 Å². The van der Waals surface area contributed by atoms with Gasteiger partial charge in [0.2, 0.25) is 0 Å². The second-order valence-corrected chi connectivity index (χ2v) is 6.66. The van der Waals surface area contributed by atoms with Crippen molar-refractivity contribution in [2.45, 2.75) is 26.9 Å². The summed E-state index contributed by atoms with van der Waals surface area (Å²) in [5.41, 5.74) is 10.5. The van der Waals surface area contributed by atoms with Crippen LogP contribution in [0.1, 0.15) is 32.7 Å². The molecule has 1 heterocycles. The van der Waals surface area contributed by atoms with E-state index in [2.05, 4.69) is 33.8 Å². The molecule has 0 fully saturated rings. The van der Waals surface area contributed by atoms with Crippen LogP contribution in [-0.4, -0.2) is 20.9 Å². The van der Waals surface area contributed by atoms with E-state index < -0.39 is 0 Å². The number of anilines is 1. The smallest absolute Gasteiger partial charge is 0.275 e. The fraction of sp³-hybridized carbons (Fsp3) is 0.211. The van der Waals surface area contributed by atoms with Crippen molar-refractivity contribution in [2.24, 2.45) is 0 Å². The average Bonchev–Trinajstić information content (AvgIpc) is 2.98. The molecule has 0 saturated carbocycles. The Morgan fingerprint density at radius 3 is 2.65 bits per heavy atom. The van der Waals surface area contributed by atoms with Crippen LogP contribution in [0.2, 0.25) is 5.02 Å². The van der Waals surface area contributed by atoms with Crippen LogP contribution in [-0.2, 0) is 13.1 Å². The molecule has 3 aromatic rings. The van der Waals surface area contributed by atoms with E-state index in [0.29, 0.717) is 18.1 Å². The lowest BCUT2D eigenvalue weighted by molar-refractivity contribution is 0.0946. The summed E-state index contributed by atoms with van der Waals surface area (Å²) in [6.07, 6.45) is 0. The third-order valence-corrected chi connectivity index (χ3v) is 4.43.